The highest BCUT2D eigenvalue weighted by molar-refractivity contribution is 8.00. The second-order valence-corrected chi connectivity index (χ2v) is 6.23. The number of anilines is 1. The van der Waals surface area contributed by atoms with Gasteiger partial charge in [0, 0.05) is 11.0 Å². The Bertz CT molecular complexity index is 622. The lowest BCUT2D eigenvalue weighted by molar-refractivity contribution is -0.115. The zero-order chi connectivity index (χ0) is 14.7. The van der Waals surface area contributed by atoms with Gasteiger partial charge in [0.1, 0.15) is 5.76 Å². The molecule has 1 atom stereocenters. The van der Waals surface area contributed by atoms with Crippen molar-refractivity contribution in [3.63, 3.8) is 0 Å². The van der Waals surface area contributed by atoms with Crippen molar-refractivity contribution < 1.29 is 9.32 Å². The molecule has 0 aliphatic rings. The molecule has 0 aliphatic heterocycles. The summed E-state index contributed by atoms with van der Waals surface area (Å²) in [5.74, 6) is 1.05. The fraction of sp³-hybridized carbons (Fsp3) is 0.333. The number of rotatable bonds is 4. The van der Waals surface area contributed by atoms with E-state index >= 15 is 0 Å². The van der Waals surface area contributed by atoms with Crippen LogP contribution in [0.2, 0.25) is 0 Å². The second kappa shape index (κ2) is 6.13. The van der Waals surface area contributed by atoms with Gasteiger partial charge in [-0.05, 0) is 51.0 Å². The Morgan fingerprint density at radius 2 is 2.00 bits per heavy atom. The molecule has 1 N–H and O–H groups in total. The Labute approximate surface area is 122 Å². The lowest BCUT2D eigenvalue weighted by Gasteiger charge is -2.11. The number of aryl methyl sites for hydroxylation is 3. The zero-order valence-electron chi connectivity index (χ0n) is 12.1. The number of hydrogen-bond acceptors (Lipinski definition) is 4. The Morgan fingerprint density at radius 1 is 1.25 bits per heavy atom. The maximum atomic E-state index is 12.1. The number of nitrogens with one attached hydrogen (secondary N) is 1. The van der Waals surface area contributed by atoms with Crippen LogP contribution in [0.15, 0.2) is 33.7 Å². The Hall–Kier alpha value is -1.75. The number of aromatic nitrogens is 1. The number of benzene rings is 1. The molecule has 1 aromatic carbocycles. The third-order valence-corrected chi connectivity index (χ3v) is 4.13. The average Bonchev–Trinajstić information content (AvgIpc) is 2.79. The summed E-state index contributed by atoms with van der Waals surface area (Å²) in [4.78, 5) is 13.2. The first-order valence-corrected chi connectivity index (χ1v) is 7.32. The molecular formula is C15H18N2O2S. The topological polar surface area (TPSA) is 55.1 Å². The quantitative estimate of drug-likeness (QED) is 0.872. The second-order valence-electron chi connectivity index (χ2n) is 4.82. The zero-order valence-corrected chi connectivity index (χ0v) is 12.9. The molecule has 0 spiro atoms. The Balaban J connectivity index is 1.98. The van der Waals surface area contributed by atoms with E-state index in [2.05, 4.69) is 36.5 Å². The van der Waals surface area contributed by atoms with Crippen molar-refractivity contribution in [1.29, 1.82) is 0 Å². The Kier molecular flexibility index (Phi) is 4.49. The molecular weight excluding hydrogens is 272 g/mol. The van der Waals surface area contributed by atoms with Crippen LogP contribution in [0.25, 0.3) is 0 Å². The van der Waals surface area contributed by atoms with Gasteiger partial charge in [-0.25, -0.2) is 0 Å². The number of nitrogens with zero attached hydrogens (tertiary/aromatic N) is 1. The van der Waals surface area contributed by atoms with Crippen molar-refractivity contribution in [1.82, 2.24) is 5.16 Å². The third kappa shape index (κ3) is 3.63. The average molecular weight is 290 g/mol. The van der Waals surface area contributed by atoms with Gasteiger partial charge in [0.2, 0.25) is 5.91 Å². The largest absolute Gasteiger partial charge is 0.360 e. The lowest BCUT2D eigenvalue weighted by atomic mass is 10.1. The molecule has 4 nitrogen and oxygen atoms in total. The van der Waals surface area contributed by atoms with E-state index in [1.807, 2.05) is 13.0 Å². The molecule has 2 rings (SSSR count). The van der Waals surface area contributed by atoms with Gasteiger partial charge in [0.15, 0.2) is 5.82 Å². The van der Waals surface area contributed by atoms with E-state index in [9.17, 15) is 4.79 Å². The molecule has 1 heterocycles. The molecule has 0 unspecified atom stereocenters. The van der Waals surface area contributed by atoms with E-state index in [0.29, 0.717) is 11.6 Å². The molecule has 0 bridgehead atoms. The van der Waals surface area contributed by atoms with E-state index in [1.54, 1.807) is 13.0 Å². The number of hydrogen-bond donors (Lipinski definition) is 1. The lowest BCUT2D eigenvalue weighted by Crippen LogP contribution is -2.22. The predicted octanol–water partition coefficient (Wildman–Crippen LogP) is 3.72. The van der Waals surface area contributed by atoms with Gasteiger partial charge >= 0.3 is 0 Å². The molecule has 2 aromatic rings. The SMILES string of the molecule is Cc1cc(NC(=O)[C@@H](C)Sc2ccc(C)c(C)c2)no1. The van der Waals surface area contributed by atoms with Crippen LogP contribution in [0.1, 0.15) is 23.8 Å². The van der Waals surface area contributed by atoms with Gasteiger partial charge in [-0.2, -0.15) is 0 Å². The summed E-state index contributed by atoms with van der Waals surface area (Å²) in [7, 11) is 0. The summed E-state index contributed by atoms with van der Waals surface area (Å²) in [6, 6.07) is 7.91. The van der Waals surface area contributed by atoms with Gasteiger partial charge in [-0.3, -0.25) is 4.79 Å². The molecule has 0 aliphatic carbocycles. The van der Waals surface area contributed by atoms with Crippen LogP contribution in [0.3, 0.4) is 0 Å². The number of carbonyl (C=O) groups is 1. The summed E-state index contributed by atoms with van der Waals surface area (Å²) in [6.07, 6.45) is 0. The first-order chi connectivity index (χ1) is 9.45. The van der Waals surface area contributed by atoms with Crippen molar-refractivity contribution in [2.45, 2.75) is 37.8 Å². The van der Waals surface area contributed by atoms with Crippen LogP contribution in [-0.4, -0.2) is 16.3 Å². The minimum absolute atomic E-state index is 0.0819. The standard InChI is InChI=1S/C15H18N2O2S/c1-9-5-6-13(7-10(9)2)20-12(4)15(18)16-14-8-11(3)19-17-14/h5-8,12H,1-4H3,(H,16,17,18)/t12-/m1/s1. The van der Waals surface area contributed by atoms with Crippen LogP contribution < -0.4 is 5.32 Å². The number of carbonyl (C=O) groups excluding carboxylic acids is 1. The van der Waals surface area contributed by atoms with E-state index in [4.69, 9.17) is 4.52 Å². The molecule has 0 fully saturated rings. The van der Waals surface area contributed by atoms with E-state index in [1.165, 1.54) is 22.9 Å². The minimum Gasteiger partial charge on any atom is -0.360 e. The minimum atomic E-state index is -0.200. The molecule has 1 aromatic heterocycles. The monoisotopic (exact) mass is 290 g/mol. The van der Waals surface area contributed by atoms with E-state index in [0.717, 1.165) is 4.90 Å². The van der Waals surface area contributed by atoms with Crippen molar-refractivity contribution >= 4 is 23.5 Å². The molecule has 5 heteroatoms. The fourth-order valence-electron chi connectivity index (χ4n) is 1.70. The van der Waals surface area contributed by atoms with Gasteiger partial charge < -0.3 is 9.84 Å². The maximum absolute atomic E-state index is 12.1. The summed E-state index contributed by atoms with van der Waals surface area (Å²) in [6.45, 7) is 7.81. The molecule has 1 amide bonds. The molecule has 106 valence electrons. The van der Waals surface area contributed by atoms with E-state index in [-0.39, 0.29) is 11.2 Å². The fourth-order valence-corrected chi connectivity index (χ4v) is 2.66. The van der Waals surface area contributed by atoms with Crippen LogP contribution in [0.5, 0.6) is 0 Å². The molecule has 0 radical (unpaired) electrons. The van der Waals surface area contributed by atoms with Gasteiger partial charge in [-0.15, -0.1) is 11.8 Å². The molecule has 20 heavy (non-hydrogen) atoms. The van der Waals surface area contributed by atoms with Crippen LogP contribution in [-0.2, 0) is 4.79 Å². The van der Waals surface area contributed by atoms with Crippen molar-refractivity contribution in [2.24, 2.45) is 0 Å². The highest BCUT2D eigenvalue weighted by Gasteiger charge is 2.16. The first kappa shape index (κ1) is 14.7. The summed E-state index contributed by atoms with van der Waals surface area (Å²) < 4.78 is 4.92. The van der Waals surface area contributed by atoms with Crippen molar-refractivity contribution in [2.75, 3.05) is 5.32 Å². The first-order valence-electron chi connectivity index (χ1n) is 6.44. The van der Waals surface area contributed by atoms with Gasteiger partial charge in [-0.1, -0.05) is 11.2 Å². The molecule has 0 saturated heterocycles. The predicted molar refractivity (Wildman–Crippen MR) is 81.1 cm³/mol. The number of thioether (sulfide) groups is 1. The summed E-state index contributed by atoms with van der Waals surface area (Å²) >= 11 is 1.53. The van der Waals surface area contributed by atoms with Crippen molar-refractivity contribution in [3.05, 3.63) is 41.2 Å². The molecule has 0 saturated carbocycles. The van der Waals surface area contributed by atoms with Crippen LogP contribution >= 0.6 is 11.8 Å². The summed E-state index contributed by atoms with van der Waals surface area (Å²) in [5, 5.41) is 6.30. The van der Waals surface area contributed by atoms with Gasteiger partial charge in [0.25, 0.3) is 0 Å². The van der Waals surface area contributed by atoms with Crippen molar-refractivity contribution in [3.8, 4) is 0 Å². The van der Waals surface area contributed by atoms with E-state index < -0.39 is 0 Å². The smallest absolute Gasteiger partial charge is 0.238 e. The normalized spacial score (nSPS) is 12.2. The highest BCUT2D eigenvalue weighted by atomic mass is 32.2. The maximum Gasteiger partial charge on any atom is 0.238 e. The Morgan fingerprint density at radius 3 is 2.60 bits per heavy atom. The third-order valence-electron chi connectivity index (χ3n) is 3.04. The highest BCUT2D eigenvalue weighted by Crippen LogP contribution is 2.26. The number of amides is 1. The van der Waals surface area contributed by atoms with Crippen LogP contribution in [0.4, 0.5) is 5.82 Å². The van der Waals surface area contributed by atoms with Gasteiger partial charge in [0.05, 0.1) is 5.25 Å². The van der Waals surface area contributed by atoms with Crippen LogP contribution in [0, 0.1) is 20.8 Å². The summed E-state index contributed by atoms with van der Waals surface area (Å²) in [5.41, 5.74) is 2.49.